The maximum Gasteiger partial charge on any atom is 0.227 e. The van der Waals surface area contributed by atoms with E-state index >= 15 is 0 Å². The largest absolute Gasteiger partial charge is 0.455 e. The second kappa shape index (κ2) is 11.2. The summed E-state index contributed by atoms with van der Waals surface area (Å²) in [4.78, 5) is 20.2. The summed E-state index contributed by atoms with van der Waals surface area (Å²) in [7, 11) is 0. The molecule has 6 heteroatoms. The molecule has 0 amide bonds. The van der Waals surface area contributed by atoms with Crippen LogP contribution in [-0.2, 0) is 0 Å². The van der Waals surface area contributed by atoms with E-state index in [-0.39, 0.29) is 0 Å². The summed E-state index contributed by atoms with van der Waals surface area (Å²) in [6.45, 7) is 0. The highest BCUT2D eigenvalue weighted by Crippen LogP contribution is 2.41. The van der Waals surface area contributed by atoms with E-state index in [0.717, 1.165) is 71.5 Å². The van der Waals surface area contributed by atoms with E-state index in [0.29, 0.717) is 23.4 Å². The fourth-order valence-electron chi connectivity index (χ4n) is 7.46. The molecule has 8 aromatic carbocycles. The fourth-order valence-corrected chi connectivity index (χ4v) is 7.46. The van der Waals surface area contributed by atoms with Gasteiger partial charge in [-0.2, -0.15) is 0 Å². The quantitative estimate of drug-likeness (QED) is 0.174. The zero-order valence-corrected chi connectivity index (χ0v) is 27.6. The summed E-state index contributed by atoms with van der Waals surface area (Å²) in [5.74, 6) is 2.40. The van der Waals surface area contributed by atoms with Gasteiger partial charge in [0.05, 0.1) is 5.39 Å². The summed E-state index contributed by atoms with van der Waals surface area (Å²) >= 11 is 0. The Kier molecular flexibility index (Phi) is 6.15. The van der Waals surface area contributed by atoms with Crippen LogP contribution < -0.4 is 0 Å². The van der Waals surface area contributed by atoms with Crippen LogP contribution in [0.1, 0.15) is 0 Å². The Bertz CT molecular complexity index is 3180. The first-order valence-corrected chi connectivity index (χ1v) is 17.2. The van der Waals surface area contributed by atoms with E-state index in [1.54, 1.807) is 0 Å². The number of oxazole rings is 1. The van der Waals surface area contributed by atoms with Gasteiger partial charge in [0.2, 0.25) is 5.89 Å². The maximum atomic E-state index is 6.60. The van der Waals surface area contributed by atoms with E-state index in [1.165, 1.54) is 16.2 Å². The number of benzene rings is 8. The van der Waals surface area contributed by atoms with E-state index in [4.69, 9.17) is 28.8 Å². The van der Waals surface area contributed by atoms with Gasteiger partial charge in [-0.1, -0.05) is 121 Å². The zero-order valence-electron chi connectivity index (χ0n) is 27.6. The third kappa shape index (κ3) is 4.44. The lowest BCUT2D eigenvalue weighted by Gasteiger charge is -2.11. The highest BCUT2D eigenvalue weighted by molar-refractivity contribution is 6.23. The van der Waals surface area contributed by atoms with Crippen molar-refractivity contribution in [1.29, 1.82) is 0 Å². The average Bonchev–Trinajstić information content (AvgIpc) is 3.83. The standard InChI is InChI=1S/C46H26N4O2/c1-3-11-28(12-4-1)43-48-44(31-20-21-33-30(26-31)19-18-27-10-7-8-15-32(27)33)50-45(49-43)36-17-9-16-35-34(36)22-23-37-40-38(51-42(35)37)24-25-39-41(40)47-46(52-39)29-13-5-2-6-14-29/h1-26H. The van der Waals surface area contributed by atoms with Crippen LogP contribution in [-0.4, -0.2) is 19.9 Å². The first-order valence-electron chi connectivity index (χ1n) is 17.2. The van der Waals surface area contributed by atoms with E-state index in [2.05, 4.69) is 78.9 Å². The van der Waals surface area contributed by atoms with Gasteiger partial charge in [-0.15, -0.1) is 0 Å². The second-order valence-corrected chi connectivity index (χ2v) is 13.0. The molecule has 0 fully saturated rings. The van der Waals surface area contributed by atoms with Gasteiger partial charge in [0.25, 0.3) is 0 Å². The Morgan fingerprint density at radius 1 is 0.365 bits per heavy atom. The van der Waals surface area contributed by atoms with Crippen LogP contribution in [0.2, 0.25) is 0 Å². The molecule has 0 spiro atoms. The van der Waals surface area contributed by atoms with Crippen LogP contribution in [0, 0.1) is 0 Å². The molecule has 3 heterocycles. The molecule has 0 aliphatic rings. The molecule has 0 saturated heterocycles. The van der Waals surface area contributed by atoms with Gasteiger partial charge in [0.15, 0.2) is 23.1 Å². The number of furan rings is 1. The van der Waals surface area contributed by atoms with E-state index < -0.39 is 0 Å². The lowest BCUT2D eigenvalue weighted by atomic mass is 9.99. The molecular formula is C46H26N4O2. The molecule has 0 atom stereocenters. The van der Waals surface area contributed by atoms with Crippen LogP contribution in [0.4, 0.5) is 0 Å². The van der Waals surface area contributed by atoms with Crippen LogP contribution >= 0.6 is 0 Å². The Morgan fingerprint density at radius 3 is 1.88 bits per heavy atom. The third-order valence-electron chi connectivity index (χ3n) is 9.95. The first kappa shape index (κ1) is 28.6. The number of hydrogen-bond acceptors (Lipinski definition) is 6. The van der Waals surface area contributed by atoms with Crippen LogP contribution in [0.3, 0.4) is 0 Å². The van der Waals surface area contributed by atoms with Gasteiger partial charge in [-0.05, 0) is 63.3 Å². The molecule has 0 aliphatic heterocycles. The molecule has 0 saturated carbocycles. The maximum absolute atomic E-state index is 6.60. The van der Waals surface area contributed by atoms with Gasteiger partial charge >= 0.3 is 0 Å². The minimum atomic E-state index is 0.583. The molecule has 0 bridgehead atoms. The van der Waals surface area contributed by atoms with E-state index in [1.807, 2.05) is 78.9 Å². The van der Waals surface area contributed by atoms with E-state index in [9.17, 15) is 0 Å². The smallest absolute Gasteiger partial charge is 0.227 e. The lowest BCUT2D eigenvalue weighted by molar-refractivity contribution is 0.619. The summed E-state index contributed by atoms with van der Waals surface area (Å²) in [5.41, 5.74) is 6.71. The van der Waals surface area contributed by atoms with Gasteiger partial charge < -0.3 is 8.83 Å². The van der Waals surface area contributed by atoms with Crippen molar-refractivity contribution in [1.82, 2.24) is 19.9 Å². The number of nitrogens with zero attached hydrogens (tertiary/aromatic N) is 4. The highest BCUT2D eigenvalue weighted by atomic mass is 16.4. The zero-order chi connectivity index (χ0) is 34.2. The molecule has 6 nitrogen and oxygen atoms in total. The minimum absolute atomic E-state index is 0.583. The Hall–Kier alpha value is -7.18. The number of rotatable bonds is 4. The highest BCUT2D eigenvalue weighted by Gasteiger charge is 2.20. The molecule has 0 aliphatic carbocycles. The minimum Gasteiger partial charge on any atom is -0.455 e. The van der Waals surface area contributed by atoms with Gasteiger partial charge in [0.1, 0.15) is 16.7 Å². The van der Waals surface area contributed by atoms with Gasteiger partial charge in [0, 0.05) is 33.0 Å². The molecule has 0 radical (unpaired) electrons. The molecule has 11 aromatic rings. The van der Waals surface area contributed by atoms with Crippen molar-refractivity contribution in [3.63, 3.8) is 0 Å². The van der Waals surface area contributed by atoms with Crippen molar-refractivity contribution < 1.29 is 8.83 Å². The fraction of sp³-hybridized carbons (Fsp3) is 0. The van der Waals surface area contributed by atoms with Gasteiger partial charge in [-0.3, -0.25) is 0 Å². The van der Waals surface area contributed by atoms with Crippen molar-refractivity contribution in [3.8, 4) is 45.6 Å². The molecule has 52 heavy (non-hydrogen) atoms. The average molecular weight is 667 g/mol. The Labute approximate surface area is 296 Å². The molecule has 0 unspecified atom stereocenters. The molecule has 0 N–H and O–H groups in total. The van der Waals surface area contributed by atoms with Crippen LogP contribution in [0.5, 0.6) is 0 Å². The Morgan fingerprint density at radius 2 is 1.02 bits per heavy atom. The lowest BCUT2D eigenvalue weighted by Crippen LogP contribution is -2.00. The predicted octanol–water partition coefficient (Wildman–Crippen LogP) is 12.0. The summed E-state index contributed by atoms with van der Waals surface area (Å²) in [6, 6.07) is 53.6. The summed E-state index contributed by atoms with van der Waals surface area (Å²) < 4.78 is 12.8. The SMILES string of the molecule is c1ccc(-c2nc(-c3ccc4c(ccc5ccccc54)c3)nc(-c3cccc4c3ccc3c4oc4ccc5oc(-c6ccccc6)nc5c43)n2)cc1. The summed E-state index contributed by atoms with van der Waals surface area (Å²) in [5, 5.41) is 8.63. The molecular weight excluding hydrogens is 641 g/mol. The van der Waals surface area contributed by atoms with Gasteiger partial charge in [-0.25, -0.2) is 19.9 Å². The summed E-state index contributed by atoms with van der Waals surface area (Å²) in [6.07, 6.45) is 0. The molecule has 11 rings (SSSR count). The van der Waals surface area contributed by atoms with Crippen LogP contribution in [0.25, 0.3) is 111 Å². The molecule has 3 aromatic heterocycles. The van der Waals surface area contributed by atoms with Crippen molar-refractivity contribution in [3.05, 3.63) is 158 Å². The number of fused-ring (bicyclic) bond motifs is 10. The Balaban J connectivity index is 1.10. The van der Waals surface area contributed by atoms with Crippen molar-refractivity contribution in [2.45, 2.75) is 0 Å². The van der Waals surface area contributed by atoms with Crippen LogP contribution in [0.15, 0.2) is 167 Å². The number of hydrogen-bond donors (Lipinski definition) is 0. The van der Waals surface area contributed by atoms with Crippen molar-refractivity contribution in [2.75, 3.05) is 0 Å². The second-order valence-electron chi connectivity index (χ2n) is 13.0. The number of aromatic nitrogens is 4. The normalized spacial score (nSPS) is 11.8. The monoisotopic (exact) mass is 666 g/mol. The van der Waals surface area contributed by atoms with Crippen molar-refractivity contribution in [2.24, 2.45) is 0 Å². The predicted molar refractivity (Wildman–Crippen MR) is 209 cm³/mol. The topological polar surface area (TPSA) is 77.8 Å². The molecule has 242 valence electrons. The first-order chi connectivity index (χ1) is 25.7. The third-order valence-corrected chi connectivity index (χ3v) is 9.95. The van der Waals surface area contributed by atoms with Crippen molar-refractivity contribution >= 4 is 65.4 Å².